The third kappa shape index (κ3) is 5.59. The van der Waals surface area contributed by atoms with Crippen molar-refractivity contribution in [2.75, 3.05) is 0 Å². The smallest absolute Gasteiger partial charge is 0.261 e. The standard InChI is InChI=1S/C26H40O2Si/c1-8-21(19-20-24(27)25(2,3)4)28-29(26(5,6)7,22-15-11-9-12-16-22)23-17-13-10-14-18-23/h9-18,21,24,27H,8,19-20H2,1-7H3. The Balaban J connectivity index is 2.47. The van der Waals surface area contributed by atoms with Gasteiger partial charge in [-0.15, -0.1) is 0 Å². The first-order chi connectivity index (χ1) is 13.5. The van der Waals surface area contributed by atoms with Crippen LogP contribution in [0.2, 0.25) is 5.04 Å². The Morgan fingerprint density at radius 3 is 1.59 bits per heavy atom. The minimum absolute atomic E-state index is 0.0221. The Morgan fingerprint density at radius 2 is 1.24 bits per heavy atom. The van der Waals surface area contributed by atoms with Gasteiger partial charge in [0.1, 0.15) is 0 Å². The van der Waals surface area contributed by atoms with Gasteiger partial charge in [0.25, 0.3) is 8.32 Å². The first-order valence-electron chi connectivity index (χ1n) is 11.0. The van der Waals surface area contributed by atoms with Crippen LogP contribution >= 0.6 is 0 Å². The Labute approximate surface area is 179 Å². The van der Waals surface area contributed by atoms with Crippen LogP contribution in [0.15, 0.2) is 60.7 Å². The zero-order valence-electron chi connectivity index (χ0n) is 19.4. The van der Waals surface area contributed by atoms with Gasteiger partial charge in [0.2, 0.25) is 0 Å². The third-order valence-electron chi connectivity index (χ3n) is 5.98. The molecule has 2 aromatic carbocycles. The van der Waals surface area contributed by atoms with E-state index in [-0.39, 0.29) is 22.7 Å². The summed E-state index contributed by atoms with van der Waals surface area (Å²) in [6.45, 7) is 15.4. The topological polar surface area (TPSA) is 29.5 Å². The molecule has 0 saturated heterocycles. The molecule has 0 spiro atoms. The van der Waals surface area contributed by atoms with E-state index >= 15 is 0 Å². The first kappa shape index (κ1) is 23.9. The number of hydrogen-bond donors (Lipinski definition) is 1. The van der Waals surface area contributed by atoms with Gasteiger partial charge >= 0.3 is 0 Å². The number of aliphatic hydroxyl groups excluding tert-OH is 1. The van der Waals surface area contributed by atoms with Gasteiger partial charge in [-0.2, -0.15) is 0 Å². The average molecular weight is 413 g/mol. The molecule has 0 heterocycles. The summed E-state index contributed by atoms with van der Waals surface area (Å²) < 4.78 is 7.21. The quantitative estimate of drug-likeness (QED) is 0.578. The largest absolute Gasteiger partial charge is 0.404 e. The van der Waals surface area contributed by atoms with E-state index in [0.717, 1.165) is 19.3 Å². The molecule has 0 aromatic heterocycles. The lowest BCUT2D eigenvalue weighted by molar-refractivity contribution is 0.0409. The van der Waals surface area contributed by atoms with Crippen LogP contribution in [0.3, 0.4) is 0 Å². The van der Waals surface area contributed by atoms with Gasteiger partial charge in [-0.05, 0) is 40.1 Å². The molecule has 2 unspecified atom stereocenters. The van der Waals surface area contributed by atoms with E-state index in [9.17, 15) is 5.11 Å². The van der Waals surface area contributed by atoms with Crippen LogP contribution in [-0.2, 0) is 4.43 Å². The highest BCUT2D eigenvalue weighted by Gasteiger charge is 2.51. The Kier molecular flexibility index (Phi) is 7.89. The molecule has 0 radical (unpaired) electrons. The van der Waals surface area contributed by atoms with Crippen molar-refractivity contribution in [2.24, 2.45) is 5.41 Å². The Bertz CT molecular complexity index is 689. The number of benzene rings is 2. The highest BCUT2D eigenvalue weighted by atomic mass is 28.4. The summed E-state index contributed by atoms with van der Waals surface area (Å²) in [4.78, 5) is 0. The van der Waals surface area contributed by atoms with Crippen molar-refractivity contribution in [1.29, 1.82) is 0 Å². The highest BCUT2D eigenvalue weighted by Crippen LogP contribution is 2.38. The van der Waals surface area contributed by atoms with Gasteiger partial charge in [0, 0.05) is 6.10 Å². The van der Waals surface area contributed by atoms with Gasteiger partial charge in [-0.25, -0.2) is 0 Å². The summed E-state index contributed by atoms with van der Waals surface area (Å²) in [7, 11) is -2.53. The van der Waals surface area contributed by atoms with Crippen LogP contribution in [0.25, 0.3) is 0 Å². The van der Waals surface area contributed by atoms with Crippen molar-refractivity contribution < 1.29 is 9.53 Å². The molecule has 0 aliphatic carbocycles. The fraction of sp³-hybridized carbons (Fsp3) is 0.538. The van der Waals surface area contributed by atoms with Crippen LogP contribution in [0.5, 0.6) is 0 Å². The summed E-state index contributed by atoms with van der Waals surface area (Å²) in [5.74, 6) is 0. The molecule has 160 valence electrons. The molecule has 2 atom stereocenters. The van der Waals surface area contributed by atoms with Crippen LogP contribution < -0.4 is 10.4 Å². The molecule has 0 amide bonds. The number of aliphatic hydroxyl groups is 1. The van der Waals surface area contributed by atoms with E-state index in [0.29, 0.717) is 0 Å². The van der Waals surface area contributed by atoms with Crippen LogP contribution in [0.4, 0.5) is 0 Å². The average Bonchev–Trinajstić information content (AvgIpc) is 2.67. The summed E-state index contributed by atoms with van der Waals surface area (Å²) in [5.41, 5.74) is -0.101. The first-order valence-corrected chi connectivity index (χ1v) is 12.9. The number of hydrogen-bond acceptors (Lipinski definition) is 2. The zero-order chi connectivity index (χ0) is 21.7. The fourth-order valence-corrected chi connectivity index (χ4v) is 8.86. The van der Waals surface area contributed by atoms with Crippen LogP contribution in [-0.4, -0.2) is 25.6 Å². The van der Waals surface area contributed by atoms with Crippen molar-refractivity contribution in [3.8, 4) is 0 Å². The maximum absolute atomic E-state index is 10.6. The fourth-order valence-electron chi connectivity index (χ4n) is 4.06. The highest BCUT2D eigenvalue weighted by molar-refractivity contribution is 6.99. The van der Waals surface area contributed by atoms with Crippen molar-refractivity contribution in [3.05, 3.63) is 60.7 Å². The summed E-state index contributed by atoms with van der Waals surface area (Å²) >= 11 is 0. The predicted octanol–water partition coefficient (Wildman–Crippen LogP) is 5.53. The predicted molar refractivity (Wildman–Crippen MR) is 127 cm³/mol. The molecule has 3 heteroatoms. The lowest BCUT2D eigenvalue weighted by Gasteiger charge is -2.45. The van der Waals surface area contributed by atoms with E-state index in [2.05, 4.69) is 109 Å². The molecule has 0 fully saturated rings. The second-order valence-corrected chi connectivity index (χ2v) is 14.5. The van der Waals surface area contributed by atoms with Crippen molar-refractivity contribution in [3.63, 3.8) is 0 Å². The second-order valence-electron chi connectivity index (χ2n) is 10.3. The van der Waals surface area contributed by atoms with Gasteiger partial charge in [-0.3, -0.25) is 0 Å². The summed E-state index contributed by atoms with van der Waals surface area (Å²) in [6.07, 6.45) is 2.39. The molecule has 0 aliphatic rings. The van der Waals surface area contributed by atoms with Crippen molar-refractivity contribution in [1.82, 2.24) is 0 Å². The van der Waals surface area contributed by atoms with Gasteiger partial charge in [0.15, 0.2) is 0 Å². The van der Waals surface area contributed by atoms with E-state index < -0.39 is 8.32 Å². The maximum atomic E-state index is 10.6. The second kappa shape index (κ2) is 9.59. The van der Waals surface area contributed by atoms with Gasteiger partial charge < -0.3 is 9.53 Å². The Hall–Kier alpha value is -1.42. The minimum atomic E-state index is -2.53. The maximum Gasteiger partial charge on any atom is 0.261 e. The van der Waals surface area contributed by atoms with Crippen LogP contribution in [0.1, 0.15) is 67.7 Å². The van der Waals surface area contributed by atoms with Crippen molar-refractivity contribution >= 4 is 18.7 Å². The molecule has 0 aliphatic heterocycles. The normalized spacial score (nSPS) is 15.2. The molecule has 0 bridgehead atoms. The molecular formula is C26H40O2Si. The molecule has 0 saturated carbocycles. The minimum Gasteiger partial charge on any atom is -0.404 e. The lowest BCUT2D eigenvalue weighted by atomic mass is 9.86. The molecule has 1 N–H and O–H groups in total. The molecule has 2 aromatic rings. The zero-order valence-corrected chi connectivity index (χ0v) is 20.4. The van der Waals surface area contributed by atoms with Gasteiger partial charge in [-0.1, -0.05) is 109 Å². The van der Waals surface area contributed by atoms with E-state index in [1.165, 1.54) is 10.4 Å². The van der Waals surface area contributed by atoms with Crippen molar-refractivity contribution in [2.45, 2.75) is 85.0 Å². The third-order valence-corrected chi connectivity index (χ3v) is 11.1. The summed E-state index contributed by atoms with van der Waals surface area (Å²) in [6, 6.07) is 21.6. The Morgan fingerprint density at radius 1 is 0.793 bits per heavy atom. The molecule has 2 nitrogen and oxygen atoms in total. The molecule has 29 heavy (non-hydrogen) atoms. The van der Waals surface area contributed by atoms with Gasteiger partial charge in [0.05, 0.1) is 6.10 Å². The van der Waals surface area contributed by atoms with E-state index in [1.54, 1.807) is 0 Å². The molecular weight excluding hydrogens is 372 g/mol. The SMILES string of the molecule is CCC(CCC(O)C(C)(C)C)O[Si](c1ccccc1)(c1ccccc1)C(C)(C)C. The number of rotatable bonds is 8. The van der Waals surface area contributed by atoms with E-state index in [1.807, 2.05) is 0 Å². The monoisotopic (exact) mass is 412 g/mol. The summed E-state index contributed by atoms with van der Waals surface area (Å²) in [5, 5.41) is 13.2. The molecule has 2 rings (SSSR count). The van der Waals surface area contributed by atoms with Crippen LogP contribution in [0, 0.1) is 5.41 Å². The lowest BCUT2D eigenvalue weighted by Crippen LogP contribution is -2.67. The van der Waals surface area contributed by atoms with E-state index in [4.69, 9.17) is 4.43 Å².